The number of phenolic OH excluding ortho intramolecular Hbond substituents is 1. The Morgan fingerprint density at radius 3 is 2.15 bits per heavy atom. The van der Waals surface area contributed by atoms with Crippen molar-refractivity contribution in [3.05, 3.63) is 153 Å². The van der Waals surface area contributed by atoms with Crippen molar-refractivity contribution in [2.45, 2.75) is 71.3 Å². The van der Waals surface area contributed by atoms with Crippen LogP contribution in [0.1, 0.15) is 99.5 Å². The standard InChI is InChI=1S/C50H55N7OS/c1-32-34(3)59-50-46(32)48(51-33(2)49-53-52-35(4)57(49)50)39-12-17-42(18-13-39)56-28-26-54(27-29-56)31-36-22-24-55(25-23-36)41-15-10-38(11-16-41)47-44(37-8-6-5-7-9-37)20-14-40-30-43(58)19-21-45(40)47/h5-13,15-19,21,30,33,36,44,47,58H,14,20,22-29,31H2,1-4H3/t33-,44-,47+/m0/s1. The fourth-order valence-corrected chi connectivity index (χ4v) is 11.6. The van der Waals surface area contributed by atoms with E-state index in [1.54, 1.807) is 0 Å². The Morgan fingerprint density at radius 1 is 0.729 bits per heavy atom. The van der Waals surface area contributed by atoms with E-state index in [1.165, 1.54) is 74.0 Å². The molecule has 0 saturated carbocycles. The number of benzene rings is 4. The number of anilines is 2. The van der Waals surface area contributed by atoms with Gasteiger partial charge in [0.05, 0.1) is 5.71 Å². The fraction of sp³-hybridized carbons (Fsp3) is 0.380. The summed E-state index contributed by atoms with van der Waals surface area (Å²) in [6.07, 6.45) is 4.56. The molecule has 1 aliphatic carbocycles. The Balaban J connectivity index is 0.747. The number of aromatic nitrogens is 3. The zero-order valence-electron chi connectivity index (χ0n) is 34.8. The molecule has 302 valence electrons. The van der Waals surface area contributed by atoms with Crippen molar-refractivity contribution in [3.63, 3.8) is 0 Å². The smallest absolute Gasteiger partial charge is 0.162 e. The summed E-state index contributed by atoms with van der Waals surface area (Å²) in [7, 11) is 0. The lowest BCUT2D eigenvalue weighted by Crippen LogP contribution is -2.49. The lowest BCUT2D eigenvalue weighted by atomic mass is 9.69. The van der Waals surface area contributed by atoms with Gasteiger partial charge >= 0.3 is 0 Å². The van der Waals surface area contributed by atoms with Gasteiger partial charge in [-0.05, 0) is 129 Å². The zero-order valence-corrected chi connectivity index (χ0v) is 35.6. The third kappa shape index (κ3) is 7.16. The Bertz CT molecular complexity index is 2470. The molecule has 3 aliphatic heterocycles. The van der Waals surface area contributed by atoms with Gasteiger partial charge in [0.1, 0.15) is 22.6 Å². The number of hydrogen-bond donors (Lipinski definition) is 1. The van der Waals surface area contributed by atoms with Gasteiger partial charge in [-0.25, -0.2) is 0 Å². The number of nitrogens with zero attached hydrogens (tertiary/aromatic N) is 7. The van der Waals surface area contributed by atoms with Gasteiger partial charge in [-0.2, -0.15) is 0 Å². The van der Waals surface area contributed by atoms with Crippen LogP contribution < -0.4 is 9.80 Å². The van der Waals surface area contributed by atoms with Gasteiger partial charge in [0.2, 0.25) is 0 Å². The Hall–Kier alpha value is -5.25. The third-order valence-corrected chi connectivity index (χ3v) is 15.0. The van der Waals surface area contributed by atoms with Gasteiger partial charge in [-0.15, -0.1) is 21.5 Å². The fourth-order valence-electron chi connectivity index (χ4n) is 10.4. The van der Waals surface area contributed by atoms with Crippen LogP contribution in [0.25, 0.3) is 5.00 Å². The Labute approximate surface area is 352 Å². The molecule has 0 bridgehead atoms. The second kappa shape index (κ2) is 15.7. The van der Waals surface area contributed by atoms with Gasteiger partial charge in [0, 0.05) is 79.1 Å². The summed E-state index contributed by atoms with van der Waals surface area (Å²) < 4.78 is 2.21. The Kier molecular flexibility index (Phi) is 10.1. The zero-order chi connectivity index (χ0) is 40.2. The monoisotopic (exact) mass is 801 g/mol. The second-order valence-corrected chi connectivity index (χ2v) is 18.5. The van der Waals surface area contributed by atoms with Crippen molar-refractivity contribution in [1.29, 1.82) is 0 Å². The van der Waals surface area contributed by atoms with E-state index in [9.17, 15) is 5.11 Å². The summed E-state index contributed by atoms with van der Waals surface area (Å²) in [4.78, 5) is 14.4. The maximum atomic E-state index is 10.3. The Morgan fingerprint density at radius 2 is 1.42 bits per heavy atom. The van der Waals surface area contributed by atoms with Gasteiger partial charge in [-0.3, -0.25) is 14.5 Å². The van der Waals surface area contributed by atoms with Crippen molar-refractivity contribution >= 4 is 28.4 Å². The van der Waals surface area contributed by atoms with E-state index in [0.717, 1.165) is 81.0 Å². The molecule has 0 spiro atoms. The molecular formula is C50H55N7OS. The van der Waals surface area contributed by atoms with Crippen molar-refractivity contribution in [2.24, 2.45) is 10.9 Å². The molecular weight excluding hydrogens is 747 g/mol. The molecule has 5 heterocycles. The number of hydrogen-bond acceptors (Lipinski definition) is 8. The van der Waals surface area contributed by atoms with Crippen LogP contribution in [-0.4, -0.2) is 76.3 Å². The maximum absolute atomic E-state index is 10.3. The molecule has 0 amide bonds. The third-order valence-electron chi connectivity index (χ3n) is 13.8. The van der Waals surface area contributed by atoms with Gasteiger partial charge in [-0.1, -0.05) is 60.7 Å². The lowest BCUT2D eigenvalue weighted by molar-refractivity contribution is 0.201. The normalized spacial score (nSPS) is 21.1. The van der Waals surface area contributed by atoms with Crippen LogP contribution in [-0.2, 0) is 6.42 Å². The maximum Gasteiger partial charge on any atom is 0.162 e. The molecule has 1 N–H and O–H groups in total. The van der Waals surface area contributed by atoms with Crippen LogP contribution in [0, 0.1) is 26.7 Å². The average molecular weight is 802 g/mol. The van der Waals surface area contributed by atoms with Crippen LogP contribution in [0.4, 0.5) is 11.4 Å². The van der Waals surface area contributed by atoms with E-state index in [0.29, 0.717) is 11.7 Å². The number of phenols is 1. The number of piperazine rings is 1. The molecule has 4 aliphatic rings. The largest absolute Gasteiger partial charge is 0.508 e. The second-order valence-electron chi connectivity index (χ2n) is 17.3. The minimum Gasteiger partial charge on any atom is -0.508 e. The molecule has 0 radical (unpaired) electrons. The minimum absolute atomic E-state index is 0.0748. The summed E-state index contributed by atoms with van der Waals surface area (Å²) in [5, 5.41) is 20.4. The first kappa shape index (κ1) is 38.0. The summed E-state index contributed by atoms with van der Waals surface area (Å²) >= 11 is 1.81. The number of piperidine rings is 1. The van der Waals surface area contributed by atoms with Crippen LogP contribution in [0.3, 0.4) is 0 Å². The van der Waals surface area contributed by atoms with Crippen LogP contribution in [0.2, 0.25) is 0 Å². The number of aromatic hydroxyl groups is 1. The summed E-state index contributed by atoms with van der Waals surface area (Å²) in [6, 6.07) is 35.5. The number of aliphatic imine (C=N–C) groups is 1. The molecule has 9 heteroatoms. The molecule has 4 aromatic carbocycles. The summed E-state index contributed by atoms with van der Waals surface area (Å²) in [5.74, 6) is 3.64. The molecule has 0 unspecified atom stereocenters. The highest BCUT2D eigenvalue weighted by Crippen LogP contribution is 2.47. The molecule has 2 fully saturated rings. The number of fused-ring (bicyclic) bond motifs is 4. The molecule has 59 heavy (non-hydrogen) atoms. The number of aryl methyl sites for hydroxylation is 3. The lowest BCUT2D eigenvalue weighted by Gasteiger charge is -2.40. The van der Waals surface area contributed by atoms with Gasteiger partial charge < -0.3 is 14.9 Å². The highest BCUT2D eigenvalue weighted by Gasteiger charge is 2.33. The average Bonchev–Trinajstić information content (AvgIpc) is 3.76. The van der Waals surface area contributed by atoms with E-state index in [1.807, 2.05) is 30.4 Å². The first-order valence-corrected chi connectivity index (χ1v) is 22.5. The van der Waals surface area contributed by atoms with E-state index in [-0.39, 0.29) is 12.0 Å². The van der Waals surface area contributed by atoms with Gasteiger partial charge in [0.25, 0.3) is 0 Å². The summed E-state index contributed by atoms with van der Waals surface area (Å²) in [6.45, 7) is 16.3. The molecule has 6 aromatic rings. The number of thiophene rings is 1. The highest BCUT2D eigenvalue weighted by molar-refractivity contribution is 7.15. The van der Waals surface area contributed by atoms with Crippen LogP contribution >= 0.6 is 11.3 Å². The van der Waals surface area contributed by atoms with Crippen LogP contribution in [0.5, 0.6) is 5.75 Å². The van der Waals surface area contributed by atoms with E-state index < -0.39 is 0 Å². The van der Waals surface area contributed by atoms with Crippen LogP contribution in [0.15, 0.2) is 102 Å². The van der Waals surface area contributed by atoms with Crippen molar-refractivity contribution in [3.8, 4) is 10.8 Å². The predicted molar refractivity (Wildman–Crippen MR) is 241 cm³/mol. The predicted octanol–water partition coefficient (Wildman–Crippen LogP) is 9.77. The summed E-state index contributed by atoms with van der Waals surface area (Å²) in [5.41, 5.74) is 12.8. The van der Waals surface area contributed by atoms with Crippen molar-refractivity contribution in [1.82, 2.24) is 19.7 Å². The number of rotatable bonds is 7. The van der Waals surface area contributed by atoms with E-state index >= 15 is 0 Å². The SMILES string of the molecule is Cc1sc2c(c1C)C(c1ccc(N3CCN(CC4CCN(c5ccc([C@H]6c7ccc(O)cc7CC[C@H]6c6ccccc6)cc5)CC4)CC3)cc1)=N[C@@H](C)c1nnc(C)n1-2. The minimum atomic E-state index is -0.0748. The topological polar surface area (TPSA) is 73.0 Å². The molecule has 2 aromatic heterocycles. The first-order chi connectivity index (χ1) is 28.8. The van der Waals surface area contributed by atoms with Crippen molar-refractivity contribution < 1.29 is 5.11 Å². The molecule has 10 rings (SSSR count). The van der Waals surface area contributed by atoms with E-state index in [2.05, 4.69) is 135 Å². The van der Waals surface area contributed by atoms with E-state index in [4.69, 9.17) is 4.99 Å². The van der Waals surface area contributed by atoms with Gasteiger partial charge in [0.15, 0.2) is 5.82 Å². The molecule has 8 nitrogen and oxygen atoms in total. The molecule has 2 saturated heterocycles. The van der Waals surface area contributed by atoms with Crippen molar-refractivity contribution in [2.75, 3.05) is 55.6 Å². The quantitative estimate of drug-likeness (QED) is 0.173. The highest BCUT2D eigenvalue weighted by atomic mass is 32.1. The first-order valence-electron chi connectivity index (χ1n) is 21.7. The molecule has 3 atom stereocenters.